The van der Waals surface area contributed by atoms with Gasteiger partial charge in [0.1, 0.15) is 0 Å². The minimum absolute atomic E-state index is 0.000295. The lowest BCUT2D eigenvalue weighted by atomic mass is 9.67. The summed E-state index contributed by atoms with van der Waals surface area (Å²) >= 11 is 0. The molecular formula is C11H16BN3O4. The van der Waals surface area contributed by atoms with Gasteiger partial charge in [0.05, 0.1) is 25.8 Å². The minimum atomic E-state index is -0.479. The number of likely N-dealkylation sites (N-methyl/N-ethyl adjacent to an activating group) is 1. The fourth-order valence-electron chi connectivity index (χ4n) is 1.38. The smallest absolute Gasteiger partial charge is 0.412 e. The summed E-state index contributed by atoms with van der Waals surface area (Å²) in [6, 6.07) is 0. The summed E-state index contributed by atoms with van der Waals surface area (Å²) in [5.41, 5.74) is 0.575. The van der Waals surface area contributed by atoms with Gasteiger partial charge in [-0.15, -0.1) is 0 Å². The van der Waals surface area contributed by atoms with E-state index in [0.717, 1.165) is 0 Å². The first-order chi connectivity index (χ1) is 9.02. The van der Waals surface area contributed by atoms with Crippen LogP contribution in [-0.4, -0.2) is 61.0 Å². The monoisotopic (exact) mass is 265 g/mol. The number of aromatic nitrogens is 2. The van der Waals surface area contributed by atoms with Crippen molar-refractivity contribution in [3.8, 4) is 0 Å². The van der Waals surface area contributed by atoms with Gasteiger partial charge >= 0.3 is 18.9 Å². The molecule has 0 aliphatic rings. The van der Waals surface area contributed by atoms with Gasteiger partial charge in [-0.3, -0.25) is 24.5 Å². The van der Waals surface area contributed by atoms with Gasteiger partial charge in [-0.2, -0.15) is 0 Å². The molecule has 19 heavy (non-hydrogen) atoms. The molecule has 1 heterocycles. The predicted molar refractivity (Wildman–Crippen MR) is 68.9 cm³/mol. The van der Waals surface area contributed by atoms with E-state index >= 15 is 0 Å². The quantitative estimate of drug-likeness (QED) is 0.479. The Morgan fingerprint density at radius 1 is 1.32 bits per heavy atom. The van der Waals surface area contributed by atoms with Gasteiger partial charge in [-0.05, 0) is 13.9 Å². The number of nitrogens with zero attached hydrogens (tertiary/aromatic N) is 3. The second-order valence-corrected chi connectivity index (χ2v) is 4.01. The molecule has 0 aliphatic carbocycles. The number of esters is 1. The Morgan fingerprint density at radius 2 is 2.00 bits per heavy atom. The minimum Gasteiger partial charge on any atom is -0.529 e. The standard InChI is InChI=1S/C11H16BN3O4/c1-12(9-6-13-4-5-14-9)19-11(17)8-15(2)7-10(16)18-3/h4-6H,7-8H2,1-3H3. The van der Waals surface area contributed by atoms with Crippen LogP contribution in [-0.2, 0) is 19.0 Å². The summed E-state index contributed by atoms with van der Waals surface area (Å²) in [6.07, 6.45) is 4.61. The highest BCUT2D eigenvalue weighted by molar-refractivity contribution is 6.66. The highest BCUT2D eigenvalue weighted by Gasteiger charge is 2.20. The van der Waals surface area contributed by atoms with Crippen molar-refractivity contribution in [1.82, 2.24) is 14.9 Å². The van der Waals surface area contributed by atoms with Crippen molar-refractivity contribution in [2.24, 2.45) is 0 Å². The van der Waals surface area contributed by atoms with Crippen LogP contribution < -0.4 is 5.59 Å². The molecule has 1 aromatic rings. The van der Waals surface area contributed by atoms with E-state index in [4.69, 9.17) is 4.65 Å². The Bertz CT molecular complexity index is 429. The lowest BCUT2D eigenvalue weighted by molar-refractivity contribution is -0.142. The number of carbonyl (C=O) groups is 2. The second-order valence-electron chi connectivity index (χ2n) is 4.01. The second kappa shape index (κ2) is 7.47. The van der Waals surface area contributed by atoms with Crippen molar-refractivity contribution < 1.29 is 19.0 Å². The molecule has 0 bridgehead atoms. The average Bonchev–Trinajstić information content (AvgIpc) is 2.39. The topological polar surface area (TPSA) is 81.6 Å². The molecule has 0 aliphatic heterocycles. The zero-order valence-corrected chi connectivity index (χ0v) is 11.2. The number of rotatable bonds is 6. The van der Waals surface area contributed by atoms with Gasteiger partial charge in [-0.25, -0.2) is 0 Å². The van der Waals surface area contributed by atoms with E-state index in [-0.39, 0.29) is 13.1 Å². The molecule has 0 unspecified atom stereocenters. The Balaban J connectivity index is 2.41. The molecule has 0 saturated carbocycles. The molecule has 102 valence electrons. The van der Waals surface area contributed by atoms with E-state index in [1.165, 1.54) is 24.4 Å². The molecule has 8 heteroatoms. The van der Waals surface area contributed by atoms with Crippen LogP contribution in [0.4, 0.5) is 0 Å². The number of ether oxygens (including phenoxy) is 1. The molecule has 0 spiro atoms. The van der Waals surface area contributed by atoms with Gasteiger partial charge in [0.15, 0.2) is 0 Å². The van der Waals surface area contributed by atoms with Gasteiger partial charge in [0.2, 0.25) is 0 Å². The number of hydrogen-bond acceptors (Lipinski definition) is 7. The molecule has 0 N–H and O–H groups in total. The maximum absolute atomic E-state index is 11.6. The van der Waals surface area contributed by atoms with Crippen molar-refractivity contribution in [1.29, 1.82) is 0 Å². The third-order valence-electron chi connectivity index (χ3n) is 2.33. The first kappa shape index (κ1) is 15.1. The summed E-state index contributed by atoms with van der Waals surface area (Å²) in [7, 11) is 2.93. The summed E-state index contributed by atoms with van der Waals surface area (Å²) in [4.78, 5) is 32.1. The van der Waals surface area contributed by atoms with Crippen LogP contribution in [0.15, 0.2) is 18.6 Å². The normalized spacial score (nSPS) is 10.1. The molecule has 0 amide bonds. The Hall–Kier alpha value is -1.96. The van der Waals surface area contributed by atoms with Crippen LogP contribution in [0.25, 0.3) is 0 Å². The fraction of sp³-hybridized carbons (Fsp3) is 0.455. The van der Waals surface area contributed by atoms with Gasteiger partial charge in [0.25, 0.3) is 0 Å². The number of hydrogen-bond donors (Lipinski definition) is 0. The first-order valence-corrected chi connectivity index (χ1v) is 5.73. The molecule has 1 rings (SSSR count). The average molecular weight is 265 g/mol. The van der Waals surface area contributed by atoms with E-state index in [2.05, 4.69) is 14.7 Å². The van der Waals surface area contributed by atoms with Gasteiger partial charge in [0, 0.05) is 18.6 Å². The van der Waals surface area contributed by atoms with Gasteiger partial charge < -0.3 is 9.39 Å². The molecule has 1 aromatic heterocycles. The Morgan fingerprint density at radius 3 is 2.58 bits per heavy atom. The van der Waals surface area contributed by atoms with Crippen molar-refractivity contribution in [3.05, 3.63) is 18.6 Å². The van der Waals surface area contributed by atoms with E-state index in [1.54, 1.807) is 20.1 Å². The maximum Gasteiger partial charge on any atom is 0.412 e. The summed E-state index contributed by atoms with van der Waals surface area (Å²) in [5.74, 6) is -0.846. The van der Waals surface area contributed by atoms with E-state index < -0.39 is 18.9 Å². The van der Waals surface area contributed by atoms with Crippen molar-refractivity contribution in [3.63, 3.8) is 0 Å². The molecule has 0 saturated heterocycles. The highest BCUT2D eigenvalue weighted by atomic mass is 16.5. The molecule has 0 atom stereocenters. The van der Waals surface area contributed by atoms with Crippen molar-refractivity contribution >= 4 is 24.4 Å². The third kappa shape index (κ3) is 5.47. The van der Waals surface area contributed by atoms with E-state index in [9.17, 15) is 9.59 Å². The molecular weight excluding hydrogens is 249 g/mol. The largest absolute Gasteiger partial charge is 0.529 e. The van der Waals surface area contributed by atoms with E-state index in [0.29, 0.717) is 5.59 Å². The first-order valence-electron chi connectivity index (χ1n) is 5.73. The SMILES string of the molecule is COC(=O)CN(C)CC(=O)OB(C)c1cnccn1. The summed E-state index contributed by atoms with van der Waals surface area (Å²) in [5, 5.41) is 0. The number of methoxy groups -OCH3 is 1. The lowest BCUT2D eigenvalue weighted by Gasteiger charge is -2.15. The van der Waals surface area contributed by atoms with Crippen LogP contribution in [0.1, 0.15) is 0 Å². The van der Waals surface area contributed by atoms with Crippen LogP contribution in [0, 0.1) is 0 Å². The van der Waals surface area contributed by atoms with Gasteiger partial charge in [-0.1, -0.05) is 0 Å². The van der Waals surface area contributed by atoms with Crippen LogP contribution in [0.3, 0.4) is 0 Å². The summed E-state index contributed by atoms with van der Waals surface area (Å²) < 4.78 is 9.69. The molecule has 0 radical (unpaired) electrons. The third-order valence-corrected chi connectivity index (χ3v) is 2.33. The van der Waals surface area contributed by atoms with Crippen LogP contribution >= 0.6 is 0 Å². The molecule has 7 nitrogen and oxygen atoms in total. The lowest BCUT2D eigenvalue weighted by Crippen LogP contribution is -2.39. The van der Waals surface area contributed by atoms with Crippen LogP contribution in [0.2, 0.25) is 6.82 Å². The highest BCUT2D eigenvalue weighted by Crippen LogP contribution is 1.91. The fourth-order valence-corrected chi connectivity index (χ4v) is 1.38. The zero-order valence-electron chi connectivity index (χ0n) is 11.2. The van der Waals surface area contributed by atoms with Crippen molar-refractivity contribution in [2.75, 3.05) is 27.2 Å². The van der Waals surface area contributed by atoms with Crippen LogP contribution in [0.5, 0.6) is 0 Å². The number of carbonyl (C=O) groups excluding carboxylic acids is 2. The van der Waals surface area contributed by atoms with E-state index in [1.807, 2.05) is 0 Å². The predicted octanol–water partition coefficient (Wildman–Crippen LogP) is -1.05. The molecule has 0 fully saturated rings. The Labute approximate surface area is 112 Å². The Kier molecular flexibility index (Phi) is 5.94. The molecule has 0 aromatic carbocycles. The summed E-state index contributed by atoms with van der Waals surface area (Å²) in [6.45, 7) is 1.26. The van der Waals surface area contributed by atoms with Crippen molar-refractivity contribution in [2.45, 2.75) is 6.82 Å². The maximum atomic E-state index is 11.6. The zero-order chi connectivity index (χ0) is 14.3.